The highest BCUT2D eigenvalue weighted by molar-refractivity contribution is 6.01. The maximum Gasteiger partial charge on any atom is 0.0900 e. The van der Waals surface area contributed by atoms with Crippen LogP contribution >= 0.6 is 0 Å². The van der Waals surface area contributed by atoms with E-state index in [4.69, 9.17) is 4.98 Å². The van der Waals surface area contributed by atoms with Gasteiger partial charge in [-0.25, -0.2) is 4.98 Å². The van der Waals surface area contributed by atoms with E-state index < -0.39 is 0 Å². The van der Waals surface area contributed by atoms with Gasteiger partial charge in [-0.2, -0.15) is 0 Å². The summed E-state index contributed by atoms with van der Waals surface area (Å²) in [6.45, 7) is 0. The summed E-state index contributed by atoms with van der Waals surface area (Å²) in [5.41, 5.74) is 20.1. The molecule has 1 spiro atoms. The van der Waals surface area contributed by atoms with Gasteiger partial charge in [0.1, 0.15) is 0 Å². The van der Waals surface area contributed by atoms with E-state index in [2.05, 4.69) is 175 Å². The van der Waals surface area contributed by atoms with Crippen LogP contribution in [0.4, 0.5) is 0 Å². The molecule has 0 bridgehead atoms. The molecule has 2 aliphatic carbocycles. The molecular formula is C51H32N2. The Kier molecular flexibility index (Phi) is 6.50. The Hall–Kier alpha value is -6.90. The molecule has 0 amide bonds. The van der Waals surface area contributed by atoms with Gasteiger partial charge in [0.2, 0.25) is 0 Å². The van der Waals surface area contributed by atoms with Gasteiger partial charge >= 0.3 is 0 Å². The largest absolute Gasteiger partial charge is 0.255 e. The highest BCUT2D eigenvalue weighted by atomic mass is 14.8. The summed E-state index contributed by atoms with van der Waals surface area (Å²) >= 11 is 0. The van der Waals surface area contributed by atoms with Gasteiger partial charge in [0.25, 0.3) is 0 Å². The van der Waals surface area contributed by atoms with Crippen LogP contribution in [0, 0.1) is 0 Å². The Labute approximate surface area is 308 Å². The number of rotatable bonds is 4. The second-order valence-electron chi connectivity index (χ2n) is 14.1. The molecule has 0 aliphatic heterocycles. The van der Waals surface area contributed by atoms with E-state index in [0.717, 1.165) is 39.0 Å². The first-order valence-electron chi connectivity index (χ1n) is 18.2. The first-order chi connectivity index (χ1) is 26.3. The average Bonchev–Trinajstić information content (AvgIpc) is 3.71. The van der Waals surface area contributed by atoms with Crippen molar-refractivity contribution in [3.8, 4) is 67.0 Å². The van der Waals surface area contributed by atoms with Crippen molar-refractivity contribution >= 4 is 10.9 Å². The van der Waals surface area contributed by atoms with Crippen LogP contribution in [0.3, 0.4) is 0 Å². The SMILES string of the molecule is c1ccc(-c2cc(-c3ccccn3)nc3ccc(-c4cccc(-c5cccc6c5-c5ccccc5C65c6ccccc6-c6ccccc65)c4)cc23)cc1. The Balaban J connectivity index is 1.09. The van der Waals surface area contributed by atoms with Crippen LogP contribution in [0.2, 0.25) is 0 Å². The van der Waals surface area contributed by atoms with Crippen LogP contribution in [0.25, 0.3) is 77.9 Å². The van der Waals surface area contributed by atoms with Gasteiger partial charge in [0.05, 0.1) is 22.3 Å². The van der Waals surface area contributed by atoms with Crippen molar-refractivity contribution in [1.82, 2.24) is 9.97 Å². The zero-order valence-electron chi connectivity index (χ0n) is 28.9. The smallest absolute Gasteiger partial charge is 0.0900 e. The van der Waals surface area contributed by atoms with E-state index in [1.54, 1.807) is 0 Å². The van der Waals surface area contributed by atoms with Crippen molar-refractivity contribution in [3.63, 3.8) is 0 Å². The first kappa shape index (κ1) is 29.8. The minimum absolute atomic E-state index is 0.361. The fraction of sp³-hybridized carbons (Fsp3) is 0.0196. The summed E-state index contributed by atoms with van der Waals surface area (Å²) in [5.74, 6) is 0. The molecule has 2 heteroatoms. The molecule has 0 fully saturated rings. The van der Waals surface area contributed by atoms with Gasteiger partial charge in [-0.05, 0) is 114 Å². The second-order valence-corrected chi connectivity index (χ2v) is 14.1. The van der Waals surface area contributed by atoms with Crippen LogP contribution in [-0.2, 0) is 5.41 Å². The second kappa shape index (κ2) is 11.6. The highest BCUT2D eigenvalue weighted by Gasteiger charge is 2.51. The quantitative estimate of drug-likeness (QED) is 0.186. The number of hydrogen-bond acceptors (Lipinski definition) is 2. The van der Waals surface area contributed by atoms with Gasteiger partial charge in [-0.15, -0.1) is 0 Å². The number of aromatic nitrogens is 2. The number of nitrogens with zero attached hydrogens (tertiary/aromatic N) is 2. The molecule has 53 heavy (non-hydrogen) atoms. The first-order valence-corrected chi connectivity index (χ1v) is 18.2. The van der Waals surface area contributed by atoms with E-state index in [1.807, 2.05) is 24.4 Å². The van der Waals surface area contributed by atoms with E-state index in [0.29, 0.717) is 0 Å². The Morgan fingerprint density at radius 3 is 1.68 bits per heavy atom. The molecule has 2 aromatic heterocycles. The number of fused-ring (bicyclic) bond motifs is 11. The summed E-state index contributed by atoms with van der Waals surface area (Å²) in [6, 6.07) is 68.4. The fourth-order valence-corrected chi connectivity index (χ4v) is 9.16. The molecule has 0 atom stereocenters. The molecule has 9 aromatic rings. The van der Waals surface area contributed by atoms with Gasteiger partial charge in [-0.1, -0.05) is 152 Å². The average molecular weight is 673 g/mol. The Bertz CT molecular complexity index is 2840. The molecule has 0 saturated carbocycles. The highest BCUT2D eigenvalue weighted by Crippen LogP contribution is 2.63. The molecule has 246 valence electrons. The van der Waals surface area contributed by atoms with Crippen molar-refractivity contribution in [2.45, 2.75) is 5.41 Å². The third-order valence-corrected chi connectivity index (χ3v) is 11.3. The summed E-state index contributed by atoms with van der Waals surface area (Å²) in [4.78, 5) is 9.71. The van der Waals surface area contributed by atoms with Gasteiger partial charge < -0.3 is 0 Å². The van der Waals surface area contributed by atoms with Crippen molar-refractivity contribution in [2.75, 3.05) is 0 Å². The van der Waals surface area contributed by atoms with Crippen molar-refractivity contribution in [3.05, 3.63) is 217 Å². The molecule has 0 unspecified atom stereocenters. The lowest BCUT2D eigenvalue weighted by Crippen LogP contribution is -2.25. The van der Waals surface area contributed by atoms with Crippen molar-refractivity contribution in [1.29, 1.82) is 0 Å². The van der Waals surface area contributed by atoms with E-state index >= 15 is 0 Å². The van der Waals surface area contributed by atoms with Gasteiger partial charge in [0, 0.05) is 11.6 Å². The lowest BCUT2D eigenvalue weighted by molar-refractivity contribution is 0.794. The number of hydrogen-bond donors (Lipinski definition) is 0. The normalized spacial score (nSPS) is 13.1. The third kappa shape index (κ3) is 4.33. The predicted octanol–water partition coefficient (Wildman–Crippen LogP) is 12.6. The summed E-state index contributed by atoms with van der Waals surface area (Å²) < 4.78 is 0. The summed E-state index contributed by atoms with van der Waals surface area (Å²) in [5, 5.41) is 1.12. The maximum absolute atomic E-state index is 5.10. The van der Waals surface area contributed by atoms with Crippen molar-refractivity contribution in [2.24, 2.45) is 0 Å². The molecule has 0 N–H and O–H groups in total. The maximum atomic E-state index is 5.10. The summed E-state index contributed by atoms with van der Waals surface area (Å²) in [7, 11) is 0. The van der Waals surface area contributed by atoms with Gasteiger partial charge in [-0.3, -0.25) is 4.98 Å². The lowest BCUT2D eigenvalue weighted by atomic mass is 9.70. The predicted molar refractivity (Wildman–Crippen MR) is 218 cm³/mol. The molecule has 0 saturated heterocycles. The zero-order valence-corrected chi connectivity index (χ0v) is 28.9. The minimum Gasteiger partial charge on any atom is -0.255 e. The van der Waals surface area contributed by atoms with Crippen LogP contribution < -0.4 is 0 Å². The van der Waals surface area contributed by atoms with Crippen LogP contribution in [-0.4, -0.2) is 9.97 Å². The molecule has 11 rings (SSSR count). The molecular weight excluding hydrogens is 641 g/mol. The van der Waals surface area contributed by atoms with E-state index in [9.17, 15) is 0 Å². The standard InChI is InChI=1S/C51H32N2/c1-2-14-33(15-3-1)41-32-49(48-26-10-11-29-52-48)53-47-28-27-35(31-42(41)47)34-16-12-17-36(30-34)37-21-13-25-46-50(37)40-20-6-9-24-45(40)51(46)43-22-7-4-18-38(43)39-19-5-8-23-44(39)51/h1-32H. The minimum atomic E-state index is -0.361. The van der Waals surface area contributed by atoms with Crippen LogP contribution in [0.15, 0.2) is 194 Å². The topological polar surface area (TPSA) is 25.8 Å². The number of pyridine rings is 2. The Morgan fingerprint density at radius 1 is 0.340 bits per heavy atom. The van der Waals surface area contributed by atoms with Gasteiger partial charge in [0.15, 0.2) is 0 Å². The number of benzene rings is 7. The molecule has 2 nitrogen and oxygen atoms in total. The molecule has 2 heterocycles. The zero-order chi connectivity index (χ0) is 34.9. The molecule has 0 radical (unpaired) electrons. The summed E-state index contributed by atoms with van der Waals surface area (Å²) in [6.07, 6.45) is 1.82. The lowest BCUT2D eigenvalue weighted by Gasteiger charge is -2.30. The third-order valence-electron chi connectivity index (χ3n) is 11.3. The fourth-order valence-electron chi connectivity index (χ4n) is 9.16. The Morgan fingerprint density at radius 2 is 0.925 bits per heavy atom. The monoisotopic (exact) mass is 672 g/mol. The van der Waals surface area contributed by atoms with Crippen molar-refractivity contribution < 1.29 is 0 Å². The van der Waals surface area contributed by atoms with E-state index in [1.165, 1.54) is 61.2 Å². The molecule has 7 aromatic carbocycles. The molecule has 2 aliphatic rings. The van der Waals surface area contributed by atoms with Crippen LogP contribution in [0.5, 0.6) is 0 Å². The van der Waals surface area contributed by atoms with Crippen LogP contribution in [0.1, 0.15) is 22.3 Å². The van der Waals surface area contributed by atoms with E-state index in [-0.39, 0.29) is 5.41 Å².